The highest BCUT2D eigenvalue weighted by molar-refractivity contribution is 7.99. The number of aromatic nitrogens is 2. The molecule has 6 nitrogen and oxygen atoms in total. The number of nitrogens with one attached hydrogen (secondary N) is 2. The second-order valence-electron chi connectivity index (χ2n) is 6.59. The number of hydrogen-bond acceptors (Lipinski definition) is 5. The average Bonchev–Trinajstić information content (AvgIpc) is 2.69. The zero-order valence-electron chi connectivity index (χ0n) is 16.6. The van der Waals surface area contributed by atoms with Gasteiger partial charge in [0.15, 0.2) is 7.85 Å². The van der Waals surface area contributed by atoms with Crippen LogP contribution in [0, 0.1) is 0 Å². The third-order valence-electron chi connectivity index (χ3n) is 4.14. The summed E-state index contributed by atoms with van der Waals surface area (Å²) in [5, 5.41) is 6.14. The topological polar surface area (TPSA) is 84.0 Å². The van der Waals surface area contributed by atoms with Crippen molar-refractivity contribution in [3.63, 3.8) is 0 Å². The van der Waals surface area contributed by atoms with Gasteiger partial charge in [0.1, 0.15) is 17.2 Å². The molecule has 1 unspecified atom stereocenters. The van der Waals surface area contributed by atoms with Gasteiger partial charge < -0.3 is 10.6 Å². The maximum atomic E-state index is 13.7. The smallest absolute Gasteiger partial charge is 0.228 e. The molecule has 9 heteroatoms. The molecule has 0 saturated carbocycles. The summed E-state index contributed by atoms with van der Waals surface area (Å²) >= 11 is 1.41. The van der Waals surface area contributed by atoms with E-state index in [0.717, 1.165) is 4.90 Å². The molecule has 1 aromatic heterocycles. The summed E-state index contributed by atoms with van der Waals surface area (Å²) in [4.78, 5) is 32.6. The number of nitrogens with zero attached hydrogens (tertiary/aromatic N) is 2. The first-order valence-electron chi connectivity index (χ1n) is 9.30. The Morgan fingerprint density at radius 3 is 2.53 bits per heavy atom. The molecule has 0 aliphatic heterocycles. The van der Waals surface area contributed by atoms with Gasteiger partial charge in [0, 0.05) is 23.6 Å². The van der Waals surface area contributed by atoms with Gasteiger partial charge in [-0.2, -0.15) is 0 Å². The van der Waals surface area contributed by atoms with E-state index in [1.54, 1.807) is 42.5 Å². The fraction of sp³-hybridized carbons (Fsp3) is 0.143. The summed E-state index contributed by atoms with van der Waals surface area (Å²) < 4.78 is 13.7. The van der Waals surface area contributed by atoms with Crippen molar-refractivity contribution in [1.82, 2.24) is 9.97 Å². The van der Waals surface area contributed by atoms with Gasteiger partial charge >= 0.3 is 0 Å². The van der Waals surface area contributed by atoms with E-state index < -0.39 is 6.07 Å². The number of rotatable bonds is 7. The van der Waals surface area contributed by atoms with Crippen molar-refractivity contribution in [3.05, 3.63) is 72.1 Å². The fourth-order valence-electron chi connectivity index (χ4n) is 2.83. The van der Waals surface area contributed by atoms with Crippen LogP contribution in [0.15, 0.2) is 70.8 Å². The molecule has 1 heterocycles. The molecule has 0 aliphatic carbocycles. The number of halogens is 1. The molecule has 0 radical (unpaired) electrons. The maximum Gasteiger partial charge on any atom is 0.228 e. The molecule has 0 saturated heterocycles. The predicted molar refractivity (Wildman–Crippen MR) is 118 cm³/mol. The van der Waals surface area contributed by atoms with Crippen LogP contribution in [0.5, 0.6) is 0 Å². The van der Waals surface area contributed by atoms with Crippen molar-refractivity contribution in [2.75, 3.05) is 10.6 Å². The number of carbonyl (C=O) groups is 2. The minimum Gasteiger partial charge on any atom is -0.326 e. The van der Waals surface area contributed by atoms with Crippen LogP contribution in [0.3, 0.4) is 0 Å². The van der Waals surface area contributed by atoms with Crippen LogP contribution in [0.4, 0.5) is 15.9 Å². The third-order valence-corrected chi connectivity index (χ3v) is 5.08. The summed E-state index contributed by atoms with van der Waals surface area (Å²) in [6.45, 7) is 1.42. The Labute approximate surface area is 179 Å². The lowest BCUT2D eigenvalue weighted by molar-refractivity contribution is -0.116. The Morgan fingerprint density at radius 1 is 1.10 bits per heavy atom. The minimum absolute atomic E-state index is 0.105. The first-order chi connectivity index (χ1) is 14.4. The second kappa shape index (κ2) is 10.0. The van der Waals surface area contributed by atoms with Gasteiger partial charge in [0.2, 0.25) is 11.8 Å². The molecule has 2 aromatic carbocycles. The van der Waals surface area contributed by atoms with Crippen LogP contribution in [-0.2, 0) is 16.0 Å². The lowest BCUT2D eigenvalue weighted by Gasteiger charge is -2.11. The summed E-state index contributed by atoms with van der Waals surface area (Å²) in [7, 11) is 1.46. The zero-order chi connectivity index (χ0) is 21.5. The maximum absolute atomic E-state index is 13.7. The molecule has 3 rings (SSSR count). The van der Waals surface area contributed by atoms with Crippen molar-refractivity contribution in [2.45, 2.75) is 29.3 Å². The highest BCUT2D eigenvalue weighted by atomic mass is 32.2. The van der Waals surface area contributed by atoms with Crippen molar-refractivity contribution < 1.29 is 14.0 Å². The van der Waals surface area contributed by atoms with Gasteiger partial charge in [0.05, 0.1) is 12.5 Å². The zero-order valence-corrected chi connectivity index (χ0v) is 17.4. The molecular weight excluding hydrogens is 402 g/mol. The number of anilines is 2. The van der Waals surface area contributed by atoms with Crippen LogP contribution >= 0.6 is 11.8 Å². The monoisotopic (exact) mass is 422 g/mol. The van der Waals surface area contributed by atoms with Gasteiger partial charge in [0.25, 0.3) is 0 Å². The van der Waals surface area contributed by atoms with Gasteiger partial charge in [-0.25, -0.2) is 9.97 Å². The number of benzene rings is 2. The molecule has 0 bridgehead atoms. The summed E-state index contributed by atoms with van der Waals surface area (Å²) in [6.07, 6.45) is 0.366. The van der Waals surface area contributed by atoms with Crippen molar-refractivity contribution in [1.29, 1.82) is 0 Å². The Hall–Kier alpha value is -3.20. The number of alkyl halides is 1. The van der Waals surface area contributed by atoms with Crippen LogP contribution < -0.4 is 10.6 Å². The molecule has 2 amide bonds. The highest BCUT2D eigenvalue weighted by Crippen LogP contribution is 2.28. The molecule has 0 spiro atoms. The number of carbonyl (C=O) groups excluding carboxylic acids is 2. The van der Waals surface area contributed by atoms with Crippen LogP contribution in [0.25, 0.3) is 0 Å². The quantitative estimate of drug-likeness (QED) is 0.451. The molecule has 30 heavy (non-hydrogen) atoms. The first-order valence-corrected chi connectivity index (χ1v) is 10.1. The first kappa shape index (κ1) is 21.5. The molecule has 3 aromatic rings. The summed E-state index contributed by atoms with van der Waals surface area (Å²) in [5.74, 6) is 0.0272. The summed E-state index contributed by atoms with van der Waals surface area (Å²) in [5.41, 5.74) is 1.86. The lowest BCUT2D eigenvalue weighted by Crippen LogP contribution is -2.15. The Balaban J connectivity index is 1.61. The second-order valence-corrected chi connectivity index (χ2v) is 7.68. The predicted octanol–water partition coefficient (Wildman–Crippen LogP) is 3.37. The van der Waals surface area contributed by atoms with Crippen LogP contribution in [0.1, 0.15) is 24.1 Å². The van der Waals surface area contributed by atoms with Gasteiger partial charge in [-0.15, -0.1) is 0 Å². The third kappa shape index (κ3) is 6.15. The van der Waals surface area contributed by atoms with Crippen LogP contribution in [-0.4, -0.2) is 29.6 Å². The number of amides is 2. The van der Waals surface area contributed by atoms with Gasteiger partial charge in [-0.1, -0.05) is 36.0 Å². The average molecular weight is 422 g/mol. The Bertz CT molecular complexity index is 1050. The largest absolute Gasteiger partial charge is 0.326 e. The van der Waals surface area contributed by atoms with E-state index in [9.17, 15) is 14.0 Å². The van der Waals surface area contributed by atoms with E-state index in [2.05, 4.69) is 20.6 Å². The van der Waals surface area contributed by atoms with E-state index in [1.165, 1.54) is 32.9 Å². The SMILES string of the molecule is BC(F)c1ccccc1CC(=O)Nc1ccc(Sc2cc(NC(C)=O)ncn2)cc1. The van der Waals surface area contributed by atoms with E-state index in [0.29, 0.717) is 27.7 Å². The Kier molecular flexibility index (Phi) is 7.19. The molecule has 0 aliphatic rings. The molecule has 0 fully saturated rings. The van der Waals surface area contributed by atoms with Gasteiger partial charge in [-0.05, 0) is 35.4 Å². The van der Waals surface area contributed by atoms with Crippen LogP contribution in [0.2, 0.25) is 0 Å². The normalized spacial score (nSPS) is 11.5. The molecular formula is C21H20BFN4O2S. The van der Waals surface area contributed by atoms with E-state index in [1.807, 2.05) is 12.1 Å². The number of hydrogen-bond donors (Lipinski definition) is 2. The van der Waals surface area contributed by atoms with E-state index >= 15 is 0 Å². The van der Waals surface area contributed by atoms with Crippen molar-refractivity contribution in [2.24, 2.45) is 0 Å². The molecule has 2 N–H and O–H groups in total. The minimum atomic E-state index is -1.13. The van der Waals surface area contributed by atoms with Crippen molar-refractivity contribution in [3.8, 4) is 0 Å². The van der Waals surface area contributed by atoms with Crippen molar-refractivity contribution >= 4 is 42.9 Å². The lowest BCUT2D eigenvalue weighted by atomic mass is 9.89. The standard InChI is InChI=1S/C21H20BFN4O2S/c1-13(28)26-18-11-20(25-12-24-18)30-16-8-6-15(7-9-16)27-19(29)10-14-4-2-3-5-17(14)21(22)23/h2-9,11-12,21H,10,22H2,1H3,(H,27,29)(H,24,25,26,28). The van der Waals surface area contributed by atoms with Gasteiger partial charge in [-0.3, -0.25) is 14.0 Å². The van der Waals surface area contributed by atoms with E-state index in [4.69, 9.17) is 0 Å². The molecule has 152 valence electrons. The highest BCUT2D eigenvalue weighted by Gasteiger charge is 2.12. The van der Waals surface area contributed by atoms with E-state index in [-0.39, 0.29) is 18.2 Å². The summed E-state index contributed by atoms with van der Waals surface area (Å²) in [6, 6.07) is 16.0. The molecule has 1 atom stereocenters. The Morgan fingerprint density at radius 2 is 1.83 bits per heavy atom. The fourth-order valence-corrected chi connectivity index (χ4v) is 3.62.